The minimum Gasteiger partial charge on any atom is -0.478 e. The fourth-order valence-electron chi connectivity index (χ4n) is 1.53. The maximum absolute atomic E-state index is 11.1. The van der Waals surface area contributed by atoms with Crippen LogP contribution in [0.15, 0.2) is 24.8 Å². The van der Waals surface area contributed by atoms with Crippen LogP contribution in [0.2, 0.25) is 0 Å². The molecule has 0 unspecified atom stereocenters. The molecule has 0 saturated carbocycles. The summed E-state index contributed by atoms with van der Waals surface area (Å²) in [5.41, 5.74) is 0.984. The third-order valence-electron chi connectivity index (χ3n) is 2.25. The van der Waals surface area contributed by atoms with Gasteiger partial charge in [-0.2, -0.15) is 5.10 Å². The first kappa shape index (κ1) is 11.3. The molecule has 6 nitrogen and oxygen atoms in total. The molecular formula is C11H12N4O2. The number of nitrogens with zero attached hydrogens (tertiary/aromatic N) is 4. The van der Waals surface area contributed by atoms with Crippen LogP contribution in [0.1, 0.15) is 23.7 Å². The van der Waals surface area contributed by atoms with Gasteiger partial charge in [0.05, 0.1) is 6.20 Å². The number of aromatic carboxylic acids is 1. The highest BCUT2D eigenvalue weighted by Crippen LogP contribution is 2.19. The van der Waals surface area contributed by atoms with Gasteiger partial charge in [-0.15, -0.1) is 0 Å². The van der Waals surface area contributed by atoms with Crippen LogP contribution < -0.4 is 0 Å². The van der Waals surface area contributed by atoms with E-state index in [9.17, 15) is 4.79 Å². The summed E-state index contributed by atoms with van der Waals surface area (Å²) in [6.07, 6.45) is 6.97. The molecule has 0 radical (unpaired) electrons. The molecule has 0 aliphatic rings. The number of hydrogen-bond donors (Lipinski definition) is 1. The maximum Gasteiger partial charge on any atom is 0.339 e. The highest BCUT2D eigenvalue weighted by molar-refractivity contribution is 5.93. The summed E-state index contributed by atoms with van der Waals surface area (Å²) < 4.78 is 1.62. The summed E-state index contributed by atoms with van der Waals surface area (Å²) in [6, 6.07) is 0. The Balaban J connectivity index is 2.48. The summed E-state index contributed by atoms with van der Waals surface area (Å²) >= 11 is 0. The third-order valence-corrected chi connectivity index (χ3v) is 2.25. The van der Waals surface area contributed by atoms with Gasteiger partial charge < -0.3 is 5.11 Å². The van der Waals surface area contributed by atoms with Crippen molar-refractivity contribution in [3.8, 4) is 11.4 Å². The van der Waals surface area contributed by atoms with Crippen molar-refractivity contribution in [3.05, 3.63) is 30.4 Å². The molecule has 0 bridgehead atoms. The normalized spacial score (nSPS) is 10.4. The minimum absolute atomic E-state index is 0.152. The van der Waals surface area contributed by atoms with Crippen molar-refractivity contribution >= 4 is 5.97 Å². The van der Waals surface area contributed by atoms with E-state index in [0.29, 0.717) is 17.9 Å². The Labute approximate surface area is 98.0 Å². The highest BCUT2D eigenvalue weighted by atomic mass is 16.4. The zero-order valence-corrected chi connectivity index (χ0v) is 9.37. The standard InChI is InChI=1S/C11H12N4O2/c1-2-5-15-7-8(11(16)17)10(14-15)9-6-12-3-4-13-9/h3-4,6-7H,2,5H2,1H3,(H,16,17). The lowest BCUT2D eigenvalue weighted by Gasteiger charge is -1.96. The zero-order valence-electron chi connectivity index (χ0n) is 9.37. The molecule has 88 valence electrons. The number of carboxylic acids is 1. The zero-order chi connectivity index (χ0) is 12.3. The number of rotatable bonds is 4. The second-order valence-corrected chi connectivity index (χ2v) is 3.55. The van der Waals surface area contributed by atoms with Gasteiger partial charge in [0.25, 0.3) is 0 Å². The van der Waals surface area contributed by atoms with E-state index in [1.54, 1.807) is 4.68 Å². The largest absolute Gasteiger partial charge is 0.478 e. The Bertz CT molecular complexity index is 522. The van der Waals surface area contributed by atoms with Crippen molar-refractivity contribution in [2.24, 2.45) is 0 Å². The van der Waals surface area contributed by atoms with Crippen molar-refractivity contribution in [3.63, 3.8) is 0 Å². The van der Waals surface area contributed by atoms with Crippen LogP contribution in [-0.2, 0) is 6.54 Å². The van der Waals surface area contributed by atoms with Gasteiger partial charge in [-0.25, -0.2) is 4.79 Å². The smallest absolute Gasteiger partial charge is 0.339 e. The van der Waals surface area contributed by atoms with Gasteiger partial charge in [0.1, 0.15) is 17.0 Å². The lowest BCUT2D eigenvalue weighted by molar-refractivity contribution is 0.0697. The van der Waals surface area contributed by atoms with Gasteiger partial charge in [-0.3, -0.25) is 14.6 Å². The predicted octanol–water partition coefficient (Wildman–Crippen LogP) is 1.45. The lowest BCUT2D eigenvalue weighted by Crippen LogP contribution is -1.97. The van der Waals surface area contributed by atoms with E-state index in [1.807, 2.05) is 6.92 Å². The van der Waals surface area contributed by atoms with Crippen molar-refractivity contribution in [1.82, 2.24) is 19.7 Å². The SMILES string of the molecule is CCCn1cc(C(=O)O)c(-c2cnccn2)n1. The van der Waals surface area contributed by atoms with Gasteiger partial charge in [0, 0.05) is 25.1 Å². The molecule has 2 aromatic heterocycles. The van der Waals surface area contributed by atoms with Crippen LogP contribution in [-0.4, -0.2) is 30.8 Å². The highest BCUT2D eigenvalue weighted by Gasteiger charge is 2.17. The van der Waals surface area contributed by atoms with E-state index >= 15 is 0 Å². The first-order valence-electron chi connectivity index (χ1n) is 5.29. The maximum atomic E-state index is 11.1. The Morgan fingerprint density at radius 3 is 2.88 bits per heavy atom. The van der Waals surface area contributed by atoms with Crippen molar-refractivity contribution in [2.75, 3.05) is 0 Å². The molecule has 2 rings (SSSR count). The van der Waals surface area contributed by atoms with Crippen LogP contribution >= 0.6 is 0 Å². The van der Waals surface area contributed by atoms with Crippen LogP contribution in [0, 0.1) is 0 Å². The Kier molecular flexibility index (Phi) is 3.13. The lowest BCUT2D eigenvalue weighted by atomic mass is 10.2. The van der Waals surface area contributed by atoms with Crippen molar-refractivity contribution in [2.45, 2.75) is 19.9 Å². The molecule has 0 atom stereocenters. The summed E-state index contributed by atoms with van der Waals surface area (Å²) in [5.74, 6) is -1.01. The molecule has 0 aliphatic carbocycles. The van der Waals surface area contributed by atoms with E-state index in [2.05, 4.69) is 15.1 Å². The van der Waals surface area contributed by atoms with Gasteiger partial charge in [0.2, 0.25) is 0 Å². The number of aromatic nitrogens is 4. The summed E-state index contributed by atoms with van der Waals surface area (Å²) in [4.78, 5) is 19.1. The van der Waals surface area contributed by atoms with E-state index in [1.165, 1.54) is 24.8 Å². The molecule has 1 N–H and O–H groups in total. The fourth-order valence-corrected chi connectivity index (χ4v) is 1.53. The van der Waals surface area contributed by atoms with E-state index in [4.69, 9.17) is 5.11 Å². The molecule has 6 heteroatoms. The van der Waals surface area contributed by atoms with Gasteiger partial charge >= 0.3 is 5.97 Å². The Morgan fingerprint density at radius 2 is 2.29 bits per heavy atom. The van der Waals surface area contributed by atoms with Crippen LogP contribution in [0.3, 0.4) is 0 Å². The average molecular weight is 232 g/mol. The summed E-state index contributed by atoms with van der Waals surface area (Å²) in [7, 11) is 0. The Hall–Kier alpha value is -2.24. The quantitative estimate of drug-likeness (QED) is 0.862. The van der Waals surface area contributed by atoms with E-state index < -0.39 is 5.97 Å². The first-order valence-corrected chi connectivity index (χ1v) is 5.29. The second kappa shape index (κ2) is 4.73. The number of carboxylic acid groups (broad SMARTS) is 1. The first-order chi connectivity index (χ1) is 8.22. The number of aryl methyl sites for hydroxylation is 1. The van der Waals surface area contributed by atoms with Crippen molar-refractivity contribution < 1.29 is 9.90 Å². The van der Waals surface area contributed by atoms with Gasteiger partial charge in [-0.05, 0) is 6.42 Å². The van der Waals surface area contributed by atoms with Crippen LogP contribution in [0.5, 0.6) is 0 Å². The van der Waals surface area contributed by atoms with Gasteiger partial charge in [-0.1, -0.05) is 6.92 Å². The molecule has 0 amide bonds. The third kappa shape index (κ3) is 2.30. The molecule has 0 aliphatic heterocycles. The summed E-state index contributed by atoms with van der Waals surface area (Å²) in [6.45, 7) is 2.69. The monoisotopic (exact) mass is 232 g/mol. The molecule has 2 aromatic rings. The molecule has 2 heterocycles. The van der Waals surface area contributed by atoms with Crippen molar-refractivity contribution in [1.29, 1.82) is 0 Å². The molecule has 0 fully saturated rings. The average Bonchev–Trinajstić information content (AvgIpc) is 2.75. The molecular weight excluding hydrogens is 220 g/mol. The van der Waals surface area contributed by atoms with E-state index in [0.717, 1.165) is 6.42 Å². The molecule has 17 heavy (non-hydrogen) atoms. The molecule has 0 saturated heterocycles. The van der Waals surface area contributed by atoms with Gasteiger partial charge in [0.15, 0.2) is 0 Å². The van der Waals surface area contributed by atoms with Crippen LogP contribution in [0.25, 0.3) is 11.4 Å². The topological polar surface area (TPSA) is 80.9 Å². The molecule has 0 aromatic carbocycles. The fraction of sp³-hybridized carbons (Fsp3) is 0.273. The predicted molar refractivity (Wildman–Crippen MR) is 60.5 cm³/mol. The Morgan fingerprint density at radius 1 is 1.47 bits per heavy atom. The number of carbonyl (C=O) groups is 1. The number of hydrogen-bond acceptors (Lipinski definition) is 4. The second-order valence-electron chi connectivity index (χ2n) is 3.55. The van der Waals surface area contributed by atoms with Crippen LogP contribution in [0.4, 0.5) is 0 Å². The summed E-state index contributed by atoms with van der Waals surface area (Å²) in [5, 5.41) is 13.3. The molecule has 0 spiro atoms. The minimum atomic E-state index is -1.01. The van der Waals surface area contributed by atoms with E-state index in [-0.39, 0.29) is 5.56 Å².